The molecule has 42 heavy (non-hydrogen) atoms. The van der Waals surface area contributed by atoms with Gasteiger partial charge in [0.15, 0.2) is 17.7 Å². The van der Waals surface area contributed by atoms with Crippen LogP contribution in [0, 0.1) is 29.3 Å². The second-order valence-electron chi connectivity index (χ2n) is 10.7. The molecule has 1 saturated carbocycles. The van der Waals surface area contributed by atoms with Crippen LogP contribution in [0.5, 0.6) is 5.75 Å². The molecule has 11 heteroatoms. The fraction of sp³-hybridized carbons (Fsp3) is 0.355. The molecule has 0 bridgehead atoms. The summed E-state index contributed by atoms with van der Waals surface area (Å²) >= 11 is 6.18. The summed E-state index contributed by atoms with van der Waals surface area (Å²) in [5, 5.41) is 9.81. The Bertz CT molecular complexity index is 1450. The Morgan fingerprint density at radius 1 is 0.929 bits per heavy atom. The number of carbonyl (C=O) groups is 2. The number of halogens is 4. The Labute approximate surface area is 246 Å². The van der Waals surface area contributed by atoms with Crippen LogP contribution >= 0.6 is 11.6 Å². The van der Waals surface area contributed by atoms with Gasteiger partial charge in [-0.15, -0.1) is 0 Å². The van der Waals surface area contributed by atoms with E-state index < -0.39 is 47.0 Å². The molecule has 3 aromatic rings. The summed E-state index contributed by atoms with van der Waals surface area (Å²) in [5.74, 6) is -4.82. The van der Waals surface area contributed by atoms with Crippen molar-refractivity contribution < 1.29 is 32.2 Å². The van der Waals surface area contributed by atoms with E-state index in [-0.39, 0.29) is 17.4 Å². The predicted molar refractivity (Wildman–Crippen MR) is 154 cm³/mol. The second-order valence-corrected chi connectivity index (χ2v) is 11.1. The lowest BCUT2D eigenvalue weighted by atomic mass is 9.71. The number of amides is 1. The molecule has 2 unspecified atom stereocenters. The number of hydrogen-bond acceptors (Lipinski definition) is 6. The molecular weight excluding hydrogens is 571 g/mol. The van der Waals surface area contributed by atoms with Gasteiger partial charge in [-0.3, -0.25) is 4.79 Å². The quantitative estimate of drug-likeness (QED) is 0.236. The van der Waals surface area contributed by atoms with E-state index in [1.165, 1.54) is 26.2 Å². The van der Waals surface area contributed by atoms with Gasteiger partial charge in [0.2, 0.25) is 5.91 Å². The number of anilines is 3. The van der Waals surface area contributed by atoms with Crippen LogP contribution in [0.25, 0.3) is 0 Å². The maximum atomic E-state index is 15.3. The highest BCUT2D eigenvalue weighted by atomic mass is 35.5. The van der Waals surface area contributed by atoms with Gasteiger partial charge in [-0.05, 0) is 55.5 Å². The molecule has 1 heterocycles. The summed E-state index contributed by atoms with van der Waals surface area (Å²) in [5.41, 5.74) is -0.197. The highest BCUT2D eigenvalue weighted by Crippen LogP contribution is 2.49. The Morgan fingerprint density at radius 2 is 1.55 bits per heavy atom. The number of fused-ring (bicyclic) bond motifs is 1. The highest BCUT2D eigenvalue weighted by molar-refractivity contribution is 6.30. The second kappa shape index (κ2) is 12.1. The SMILES string of the molecule is COC(=O)C(C)Oc1ccc(NC(=O)C(C2CCCCC2)C2(c3ccc(Cl)cc3)Nc3cc(F)c(F)cc3N2)c(F)c1. The van der Waals surface area contributed by atoms with E-state index in [0.717, 1.165) is 50.3 Å². The lowest BCUT2D eigenvalue weighted by Gasteiger charge is -2.43. The van der Waals surface area contributed by atoms with E-state index in [9.17, 15) is 18.4 Å². The van der Waals surface area contributed by atoms with Gasteiger partial charge in [0, 0.05) is 23.2 Å². The van der Waals surface area contributed by atoms with Gasteiger partial charge < -0.3 is 25.4 Å². The van der Waals surface area contributed by atoms with Crippen LogP contribution in [0.1, 0.15) is 44.6 Å². The van der Waals surface area contributed by atoms with Crippen LogP contribution in [-0.4, -0.2) is 25.1 Å². The monoisotopic (exact) mass is 601 g/mol. The van der Waals surface area contributed by atoms with E-state index in [1.807, 2.05) is 0 Å². The maximum Gasteiger partial charge on any atom is 0.346 e. The molecule has 3 aromatic carbocycles. The fourth-order valence-corrected chi connectivity index (χ4v) is 6.06. The Kier molecular flexibility index (Phi) is 8.54. The van der Waals surface area contributed by atoms with E-state index in [1.54, 1.807) is 24.3 Å². The normalized spacial score (nSPS) is 17.3. The fourth-order valence-electron chi connectivity index (χ4n) is 5.93. The summed E-state index contributed by atoms with van der Waals surface area (Å²) in [4.78, 5) is 25.9. The molecule has 1 aliphatic heterocycles. The van der Waals surface area contributed by atoms with Crippen LogP contribution < -0.4 is 20.7 Å². The van der Waals surface area contributed by atoms with Crippen molar-refractivity contribution in [2.45, 2.75) is 50.8 Å². The number of esters is 1. The molecule has 0 saturated heterocycles. The molecule has 222 valence electrons. The molecule has 5 rings (SSSR count). The first-order valence-electron chi connectivity index (χ1n) is 13.8. The Balaban J connectivity index is 1.52. The van der Waals surface area contributed by atoms with E-state index in [4.69, 9.17) is 16.3 Å². The largest absolute Gasteiger partial charge is 0.479 e. The number of methoxy groups -OCH3 is 1. The summed E-state index contributed by atoms with van der Waals surface area (Å²) < 4.78 is 53.9. The van der Waals surface area contributed by atoms with E-state index >= 15 is 4.39 Å². The molecule has 1 aliphatic carbocycles. The minimum Gasteiger partial charge on any atom is -0.479 e. The summed E-state index contributed by atoms with van der Waals surface area (Å²) in [7, 11) is 1.22. The molecule has 0 spiro atoms. The number of hydrogen-bond donors (Lipinski definition) is 3. The highest BCUT2D eigenvalue weighted by Gasteiger charge is 2.52. The minimum absolute atomic E-state index is 0.0854. The van der Waals surface area contributed by atoms with Crippen LogP contribution in [0.2, 0.25) is 5.02 Å². The summed E-state index contributed by atoms with van der Waals surface area (Å²) in [6.45, 7) is 1.47. The third-order valence-corrected chi connectivity index (χ3v) is 8.19. The van der Waals surface area contributed by atoms with E-state index in [0.29, 0.717) is 22.0 Å². The maximum absolute atomic E-state index is 15.3. The van der Waals surface area contributed by atoms with Crippen molar-refractivity contribution in [2.24, 2.45) is 11.8 Å². The van der Waals surface area contributed by atoms with E-state index in [2.05, 4.69) is 20.7 Å². The number of nitrogens with one attached hydrogen (secondary N) is 3. The Hall–Kier alpha value is -3.92. The van der Waals surface area contributed by atoms with Gasteiger partial charge in [-0.1, -0.05) is 43.0 Å². The zero-order valence-corrected chi connectivity index (χ0v) is 23.9. The minimum atomic E-state index is -1.32. The first kappa shape index (κ1) is 29.6. The van der Waals surface area contributed by atoms with Crippen molar-refractivity contribution in [3.63, 3.8) is 0 Å². The summed E-state index contributed by atoms with van der Waals surface area (Å²) in [6, 6.07) is 12.8. The van der Waals surface area contributed by atoms with Gasteiger partial charge in [-0.25, -0.2) is 18.0 Å². The Morgan fingerprint density at radius 3 is 2.12 bits per heavy atom. The topological polar surface area (TPSA) is 88.7 Å². The van der Waals surface area contributed by atoms with Crippen LogP contribution in [0.3, 0.4) is 0 Å². The van der Waals surface area contributed by atoms with Gasteiger partial charge in [0.25, 0.3) is 0 Å². The molecular formula is C31H31ClF3N3O4. The summed E-state index contributed by atoms with van der Waals surface area (Å²) in [6.07, 6.45) is 3.34. The number of carbonyl (C=O) groups excluding carboxylic acids is 2. The molecule has 2 atom stereocenters. The van der Waals surface area contributed by atoms with Crippen LogP contribution in [0.15, 0.2) is 54.6 Å². The van der Waals surface area contributed by atoms with Crippen molar-refractivity contribution in [1.82, 2.24) is 0 Å². The average Bonchev–Trinajstić information content (AvgIpc) is 3.33. The number of rotatable bonds is 8. The van der Waals surface area contributed by atoms with Gasteiger partial charge in [0.05, 0.1) is 30.1 Å². The van der Waals surface area contributed by atoms with Gasteiger partial charge in [-0.2, -0.15) is 0 Å². The van der Waals surface area contributed by atoms with Crippen LogP contribution in [0.4, 0.5) is 30.2 Å². The van der Waals surface area contributed by atoms with Gasteiger partial charge in [0.1, 0.15) is 17.2 Å². The third-order valence-electron chi connectivity index (χ3n) is 7.94. The van der Waals surface area contributed by atoms with Crippen molar-refractivity contribution in [3.8, 4) is 5.75 Å². The zero-order chi connectivity index (χ0) is 30.0. The van der Waals surface area contributed by atoms with Crippen molar-refractivity contribution in [3.05, 3.63) is 82.6 Å². The number of benzene rings is 3. The number of ether oxygens (including phenoxy) is 2. The third kappa shape index (κ3) is 5.86. The molecule has 1 fully saturated rings. The van der Waals surface area contributed by atoms with Crippen molar-refractivity contribution >= 4 is 40.5 Å². The average molecular weight is 602 g/mol. The molecule has 0 aromatic heterocycles. The van der Waals surface area contributed by atoms with Crippen LogP contribution in [-0.2, 0) is 20.0 Å². The first-order valence-corrected chi connectivity index (χ1v) is 14.2. The lowest BCUT2D eigenvalue weighted by Crippen LogP contribution is -2.54. The molecule has 3 N–H and O–H groups in total. The first-order chi connectivity index (χ1) is 20.1. The zero-order valence-electron chi connectivity index (χ0n) is 23.1. The molecule has 2 aliphatic rings. The standard InChI is InChI=1S/C31H31ClF3N3O4/c1-17(30(40)41-2)42-21-12-13-25(24(35)14-21)36-29(39)28(18-6-4-3-5-7-18)31(19-8-10-20(32)11-9-19)37-26-15-22(33)23(34)16-27(26)38-31/h8-18,28,37-38H,3-7H2,1-2H3,(H,36,39). The molecule has 0 radical (unpaired) electrons. The lowest BCUT2D eigenvalue weighted by molar-refractivity contribution is -0.147. The molecule has 1 amide bonds. The van der Waals surface area contributed by atoms with Crippen molar-refractivity contribution in [1.29, 1.82) is 0 Å². The predicted octanol–water partition coefficient (Wildman–Crippen LogP) is 7.22. The van der Waals surface area contributed by atoms with Crippen molar-refractivity contribution in [2.75, 3.05) is 23.1 Å². The van der Waals surface area contributed by atoms with Gasteiger partial charge >= 0.3 is 5.97 Å². The molecule has 7 nitrogen and oxygen atoms in total. The smallest absolute Gasteiger partial charge is 0.346 e.